The molecule has 0 radical (unpaired) electrons. The minimum atomic E-state index is -0.305. The molecule has 1 heterocycles. The monoisotopic (exact) mass is 392 g/mol. The van der Waals surface area contributed by atoms with Gasteiger partial charge in [-0.2, -0.15) is 24.4 Å². The number of aliphatic hydroxyl groups excluding tert-OH is 1. The van der Waals surface area contributed by atoms with Crippen LogP contribution in [0.5, 0.6) is 0 Å². The molecule has 0 bridgehead atoms. The van der Waals surface area contributed by atoms with Gasteiger partial charge < -0.3 is 9.84 Å². The van der Waals surface area contributed by atoms with Crippen molar-refractivity contribution in [3.8, 4) is 0 Å². The Balaban J connectivity index is 2.02. The van der Waals surface area contributed by atoms with Gasteiger partial charge in [-0.3, -0.25) is 0 Å². The van der Waals surface area contributed by atoms with Crippen molar-refractivity contribution in [2.45, 2.75) is 54.6 Å². The third-order valence-electron chi connectivity index (χ3n) is 5.79. The Morgan fingerprint density at radius 2 is 2.04 bits per heavy atom. The quantitative estimate of drug-likeness (QED) is 0.556. The summed E-state index contributed by atoms with van der Waals surface area (Å²) in [4.78, 5) is 0. The predicted octanol–water partition coefficient (Wildman–Crippen LogP) is 4.09. The molecule has 4 atom stereocenters. The molecular weight excluding hydrogens is 364 g/mol. The minimum absolute atomic E-state index is 0.0982. The topological polar surface area (TPSA) is 29.5 Å². The van der Waals surface area contributed by atoms with Gasteiger partial charge in [-0.1, -0.05) is 18.1 Å². The summed E-state index contributed by atoms with van der Waals surface area (Å²) in [6.45, 7) is 4.56. The second kappa shape index (κ2) is 7.36. The van der Waals surface area contributed by atoms with Crippen LogP contribution < -0.4 is 0 Å². The third-order valence-corrected chi connectivity index (χ3v) is 11.2. The molecule has 2 aliphatic carbocycles. The molecule has 0 aromatic heterocycles. The molecular formula is C17H28O2S4. The number of thiol groups is 1. The van der Waals surface area contributed by atoms with Gasteiger partial charge in [-0.15, -0.1) is 23.5 Å². The summed E-state index contributed by atoms with van der Waals surface area (Å²) in [7, 11) is 1.83. The summed E-state index contributed by atoms with van der Waals surface area (Å²) in [5.41, 5.74) is 2.75. The maximum Gasteiger partial charge on any atom is 0.0927 e. The lowest BCUT2D eigenvalue weighted by Crippen LogP contribution is -2.47. The number of fused-ring (bicyclic) bond motifs is 1. The zero-order chi connectivity index (χ0) is 16.7. The number of ether oxygens (including phenoxy) is 1. The molecule has 6 heteroatoms. The molecule has 0 unspecified atom stereocenters. The Kier molecular flexibility index (Phi) is 6.02. The predicted molar refractivity (Wildman–Crippen MR) is 109 cm³/mol. The van der Waals surface area contributed by atoms with E-state index in [0.29, 0.717) is 5.25 Å². The van der Waals surface area contributed by atoms with Crippen molar-refractivity contribution in [3.05, 3.63) is 11.1 Å². The maximum atomic E-state index is 11.1. The van der Waals surface area contributed by atoms with Gasteiger partial charge in [0.05, 0.1) is 16.3 Å². The van der Waals surface area contributed by atoms with Crippen molar-refractivity contribution >= 4 is 47.9 Å². The van der Waals surface area contributed by atoms with E-state index >= 15 is 0 Å². The first-order valence-electron chi connectivity index (χ1n) is 8.41. The van der Waals surface area contributed by atoms with E-state index in [1.807, 2.05) is 18.9 Å². The number of hydrogen-bond acceptors (Lipinski definition) is 6. The van der Waals surface area contributed by atoms with E-state index in [1.165, 1.54) is 22.7 Å². The number of hydrogen-bond donors (Lipinski definition) is 2. The summed E-state index contributed by atoms with van der Waals surface area (Å²) in [5.74, 6) is 4.38. The van der Waals surface area contributed by atoms with Crippen molar-refractivity contribution in [1.82, 2.24) is 0 Å². The van der Waals surface area contributed by atoms with Crippen molar-refractivity contribution in [3.63, 3.8) is 0 Å². The highest BCUT2D eigenvalue weighted by molar-refractivity contribution is 8.21. The van der Waals surface area contributed by atoms with Gasteiger partial charge in [0.15, 0.2) is 0 Å². The highest BCUT2D eigenvalue weighted by Gasteiger charge is 2.63. The first-order chi connectivity index (χ1) is 11.0. The van der Waals surface area contributed by atoms with E-state index < -0.39 is 0 Å². The Bertz CT molecular complexity index is 475. The van der Waals surface area contributed by atoms with Crippen LogP contribution in [0.3, 0.4) is 0 Å². The van der Waals surface area contributed by atoms with Gasteiger partial charge in [0.25, 0.3) is 0 Å². The van der Waals surface area contributed by atoms with E-state index in [0.717, 1.165) is 30.8 Å². The Labute approximate surface area is 158 Å². The number of aliphatic hydroxyl groups is 1. The molecule has 1 N–H and O–H groups in total. The van der Waals surface area contributed by atoms with Gasteiger partial charge in [0.1, 0.15) is 0 Å². The van der Waals surface area contributed by atoms with E-state index in [2.05, 4.69) is 50.0 Å². The van der Waals surface area contributed by atoms with Crippen LogP contribution in [0.1, 0.15) is 33.1 Å². The van der Waals surface area contributed by atoms with Crippen molar-refractivity contribution in [1.29, 1.82) is 0 Å². The van der Waals surface area contributed by atoms with Crippen molar-refractivity contribution in [2.75, 3.05) is 30.1 Å². The molecule has 23 heavy (non-hydrogen) atoms. The average Bonchev–Trinajstić information content (AvgIpc) is 3.08. The van der Waals surface area contributed by atoms with E-state index in [9.17, 15) is 5.11 Å². The third kappa shape index (κ3) is 3.03. The van der Waals surface area contributed by atoms with Crippen LogP contribution >= 0.6 is 47.9 Å². The summed E-state index contributed by atoms with van der Waals surface area (Å²) in [6.07, 6.45) is 2.79. The lowest BCUT2D eigenvalue weighted by molar-refractivity contribution is -0.0442. The number of thioether (sulfide) groups is 3. The fraction of sp³-hybridized carbons (Fsp3) is 0.882. The molecule has 1 spiro atoms. The van der Waals surface area contributed by atoms with Crippen LogP contribution in [0, 0.1) is 5.41 Å². The summed E-state index contributed by atoms with van der Waals surface area (Å²) >= 11 is 10.5. The van der Waals surface area contributed by atoms with Crippen LogP contribution in [-0.2, 0) is 4.74 Å². The molecule has 3 rings (SSSR count). The molecule has 1 saturated heterocycles. The Morgan fingerprint density at radius 3 is 2.65 bits per heavy atom. The molecule has 0 aromatic rings. The van der Waals surface area contributed by atoms with Crippen LogP contribution in [0.4, 0.5) is 0 Å². The zero-order valence-corrected chi connectivity index (χ0v) is 17.6. The SMILES string of the molecule is CO[C@@H]1C2(CC3=C(C)[C@H](SCCS)CC[C@H](O)[C@@]31C)SCCS2. The summed E-state index contributed by atoms with van der Waals surface area (Å²) in [5, 5.41) is 11.6. The normalized spacial score (nSPS) is 39.8. The molecule has 132 valence electrons. The number of rotatable bonds is 4. The van der Waals surface area contributed by atoms with Gasteiger partial charge in [0, 0.05) is 35.0 Å². The second-order valence-electron chi connectivity index (χ2n) is 6.92. The smallest absolute Gasteiger partial charge is 0.0927 e. The first-order valence-corrected chi connectivity index (χ1v) is 12.1. The molecule has 2 nitrogen and oxygen atoms in total. The summed E-state index contributed by atoms with van der Waals surface area (Å²) in [6, 6.07) is 0. The van der Waals surface area contributed by atoms with Gasteiger partial charge in [0.2, 0.25) is 0 Å². The highest BCUT2D eigenvalue weighted by Crippen LogP contribution is 2.66. The molecule has 0 amide bonds. The maximum absolute atomic E-state index is 11.1. The number of methoxy groups -OCH3 is 1. The lowest BCUT2D eigenvalue weighted by Gasteiger charge is -2.40. The van der Waals surface area contributed by atoms with E-state index in [4.69, 9.17) is 4.74 Å². The van der Waals surface area contributed by atoms with Gasteiger partial charge in [-0.05, 0) is 31.9 Å². The molecule has 0 aromatic carbocycles. The van der Waals surface area contributed by atoms with Crippen LogP contribution in [0.2, 0.25) is 0 Å². The zero-order valence-electron chi connectivity index (χ0n) is 14.2. The van der Waals surface area contributed by atoms with Crippen LogP contribution in [-0.4, -0.2) is 56.8 Å². The standard InChI is InChI=1S/C17H28O2S4/c1-11-12-10-17(22-8-9-23-17)15(19-3)16(12,2)14(18)5-4-13(11)21-7-6-20/h13-15,18,20H,4-10H2,1-3H3/t13-,14+,15+,16-/m1/s1. The van der Waals surface area contributed by atoms with Crippen LogP contribution in [0.15, 0.2) is 11.1 Å². The average molecular weight is 393 g/mol. The fourth-order valence-electron chi connectivity index (χ4n) is 4.66. The van der Waals surface area contributed by atoms with Crippen molar-refractivity contribution in [2.24, 2.45) is 5.41 Å². The van der Waals surface area contributed by atoms with Crippen LogP contribution in [0.25, 0.3) is 0 Å². The first kappa shape index (κ1) is 18.8. The van der Waals surface area contributed by atoms with Crippen molar-refractivity contribution < 1.29 is 9.84 Å². The fourth-order valence-corrected chi connectivity index (χ4v) is 9.73. The molecule has 2 fully saturated rings. The van der Waals surface area contributed by atoms with Gasteiger partial charge >= 0.3 is 0 Å². The largest absolute Gasteiger partial charge is 0.392 e. The second-order valence-corrected chi connectivity index (χ2v) is 11.8. The molecule has 1 aliphatic heterocycles. The molecule has 1 saturated carbocycles. The molecule has 3 aliphatic rings. The van der Waals surface area contributed by atoms with E-state index in [1.54, 1.807) is 0 Å². The lowest BCUT2D eigenvalue weighted by atomic mass is 9.75. The highest BCUT2D eigenvalue weighted by atomic mass is 32.2. The Hall–Kier alpha value is 1.06. The van der Waals surface area contributed by atoms with Gasteiger partial charge in [-0.25, -0.2) is 0 Å². The Morgan fingerprint density at radius 1 is 1.35 bits per heavy atom. The summed E-state index contributed by atoms with van der Waals surface area (Å²) < 4.78 is 6.17. The van der Waals surface area contributed by atoms with E-state index in [-0.39, 0.29) is 21.7 Å². The minimum Gasteiger partial charge on any atom is -0.392 e.